The molecule has 3 N–H and O–H groups in total. The average molecular weight is 1990 g/mol. The molecular weight excluding hydrogens is 1870 g/mol. The van der Waals surface area contributed by atoms with Crippen LogP contribution in [0, 0.1) is 13.8 Å². The number of fused-ring (bicyclic) bond motifs is 16. The molecule has 0 unspecified atom stereocenters. The van der Waals surface area contributed by atoms with Gasteiger partial charge in [0.1, 0.15) is 62.6 Å². The van der Waals surface area contributed by atoms with Crippen LogP contribution in [0.2, 0.25) is 14.8 Å². The third-order valence-electron chi connectivity index (χ3n) is 24.8. The van der Waals surface area contributed by atoms with Crippen LogP contribution in [0.4, 0.5) is 34.1 Å². The quantitative estimate of drug-likeness (QED) is 0.0212. The van der Waals surface area contributed by atoms with E-state index in [4.69, 9.17) is 81.4 Å². The number of carboxylic acid groups (broad SMARTS) is 1. The summed E-state index contributed by atoms with van der Waals surface area (Å²) in [7, 11) is 4.45. The second kappa shape index (κ2) is 47.6. The number of esters is 1. The van der Waals surface area contributed by atoms with Gasteiger partial charge in [-0.1, -0.05) is 72.8 Å². The van der Waals surface area contributed by atoms with Gasteiger partial charge >= 0.3 is 46.5 Å². The molecule has 10 aromatic carbocycles. The van der Waals surface area contributed by atoms with Crippen molar-refractivity contribution in [3.05, 3.63) is 271 Å². The van der Waals surface area contributed by atoms with Gasteiger partial charge in [0.2, 0.25) is 0 Å². The summed E-state index contributed by atoms with van der Waals surface area (Å²) in [5.74, 6) is 2.93. The predicted octanol–water partition coefficient (Wildman–Crippen LogP) is 16.4. The zero-order valence-corrected chi connectivity index (χ0v) is 82.1. The molecule has 138 heavy (non-hydrogen) atoms. The minimum atomic E-state index is -0.900. The van der Waals surface area contributed by atoms with Crippen LogP contribution < -0.4 is 57.5 Å². The Kier molecular flexibility index (Phi) is 34.4. The summed E-state index contributed by atoms with van der Waals surface area (Å²) in [6.07, 6.45) is 10.2. The summed E-state index contributed by atoms with van der Waals surface area (Å²) in [6, 6.07) is 58.8. The molecule has 1 radical (unpaired) electrons. The molecule has 29 nitrogen and oxygen atoms in total. The van der Waals surface area contributed by atoms with Crippen molar-refractivity contribution < 1.29 is 110 Å². The van der Waals surface area contributed by atoms with Crippen LogP contribution in [0.5, 0.6) is 46.0 Å². The number of aliphatic carboxylic acids is 1. The second-order valence-electron chi connectivity index (χ2n) is 35.2. The maximum atomic E-state index is 14.0. The number of rotatable bonds is 40. The van der Waals surface area contributed by atoms with Gasteiger partial charge in [0.05, 0.1) is 148 Å². The van der Waals surface area contributed by atoms with Crippen molar-refractivity contribution in [2.45, 2.75) is 143 Å². The molecule has 723 valence electrons. The molecule has 0 saturated heterocycles. The Morgan fingerprint density at radius 3 is 1.05 bits per heavy atom. The Morgan fingerprint density at radius 1 is 0.362 bits per heavy atom. The molecule has 18 rings (SSSR count). The predicted molar refractivity (Wildman–Crippen MR) is 526 cm³/mol. The van der Waals surface area contributed by atoms with E-state index in [-0.39, 0.29) is 125 Å². The molecule has 0 aromatic heterocycles. The minimum absolute atomic E-state index is 0. The van der Waals surface area contributed by atoms with Crippen molar-refractivity contribution >= 4 is 102 Å². The molecule has 0 bridgehead atoms. The number of anilines is 4. The summed E-state index contributed by atoms with van der Waals surface area (Å²) >= 11 is -0.543. The number of benzene rings is 10. The van der Waals surface area contributed by atoms with Gasteiger partial charge in [-0.05, 0) is 216 Å². The van der Waals surface area contributed by atoms with Crippen molar-refractivity contribution in [2.75, 3.05) is 133 Å². The van der Waals surface area contributed by atoms with Gasteiger partial charge in [-0.3, -0.25) is 48.6 Å². The first-order chi connectivity index (χ1) is 66.7. The molecule has 0 saturated carbocycles. The van der Waals surface area contributed by atoms with Gasteiger partial charge in [-0.2, -0.15) is 0 Å². The first kappa shape index (κ1) is 99.7. The SMILES string of the molecule is COC(=O)CCOCCOCCOCCOc1cc(COc2cc3c(cc2C)C(=O)N2c4ccccc4C[C@H]2CC3)cc(COc2cc3c(cc2OC)C(=O)N2c4ccccc4C[C@H]2C=N3)c1.COc1cc2c(cc1OCc1cc(COc3cc4c(cc3C)C(=O)N3c5ccccc5C[C@H]3CC4)cc(OCCOCCOCCOCCC(=O)O)c1)N=C[C@@H]1Cc3ccccc3N1C2=O.O.[CH3][Sn]([CH3])[CH3]. The van der Waals surface area contributed by atoms with E-state index in [1.54, 1.807) is 43.4 Å². The third-order valence-corrected chi connectivity index (χ3v) is 24.8. The van der Waals surface area contributed by atoms with E-state index in [1.807, 2.05) is 187 Å². The summed E-state index contributed by atoms with van der Waals surface area (Å²) in [4.78, 5) is 102. The number of hydrogen-bond acceptors (Lipinski definition) is 23. The van der Waals surface area contributed by atoms with E-state index in [0.717, 1.165) is 134 Å². The zero-order valence-electron chi connectivity index (χ0n) is 79.3. The number of nitrogens with zero attached hydrogens (tertiary/aromatic N) is 6. The third kappa shape index (κ3) is 24.3. The van der Waals surface area contributed by atoms with E-state index in [9.17, 15) is 28.8 Å². The van der Waals surface area contributed by atoms with Crippen LogP contribution >= 0.6 is 0 Å². The molecular formula is C108H119N6O23Sn. The van der Waals surface area contributed by atoms with Gasteiger partial charge in [-0.25, -0.2) is 0 Å². The number of aryl methyl sites for hydroxylation is 4. The molecule has 4 atom stereocenters. The van der Waals surface area contributed by atoms with Crippen LogP contribution in [0.25, 0.3) is 0 Å². The van der Waals surface area contributed by atoms with Crippen molar-refractivity contribution in [3.63, 3.8) is 0 Å². The molecule has 0 aliphatic carbocycles. The Bertz CT molecular complexity index is 6100. The number of aliphatic imine (C=N–C) groups is 2. The standard InChI is InChI=1S/C53H55N3O11.C52H53N3O11.3CH3.H2O.Sn/c1-34-22-43-37(12-13-40-26-38-8-4-6-10-46(38)55(40)52(43)58)28-48(34)66-32-35-23-36(25-42(24-35)65-21-20-64-19-18-63-17-16-62-15-14-51(57)61-3)33-67-50-30-45-44(29-49(50)60-2)53(59)56-41(31-54-45)27-39-9-5-7-11-47(39)56;1-33-21-42-36(11-12-39-25-37-7-3-5-9-45(37)54(39)51(42)58)27-47(33)65-31-34-22-35(24-41(23-34)64-20-19-63-18-17-62-16-15-61-14-13-50(56)57)32-66-49-29-44-43(28-48(49)60-2)52(59)55-40(30-53-44)26-38-8-4-6-10-46(38)55;;;;;/h4-11,22-25,28-31,40-41H,12-21,26-27,32-33H2,1-3H3;3-10,21-24,27-30,39-40H,11-20,25-26,31-32H2,1-2H3,(H,56,57);3*1H3;1H2;/t40-,41+;39-,40+;;;;;/m11...../s1. The topological polar surface area (TPSA) is 330 Å². The summed E-state index contributed by atoms with van der Waals surface area (Å²) in [6.45, 7) is 9.23. The molecule has 8 aliphatic rings. The Labute approximate surface area is 811 Å². The fourth-order valence-corrected chi connectivity index (χ4v) is 18.3. The molecule has 0 spiro atoms. The molecule has 0 fully saturated rings. The number of carbonyl (C=O) groups excluding carboxylic acids is 5. The molecule has 4 amide bonds. The van der Waals surface area contributed by atoms with E-state index in [1.165, 1.54) is 18.2 Å². The fraction of sp³-hybridized carbons (Fsp3) is 0.370. The van der Waals surface area contributed by atoms with Crippen LogP contribution in [0.1, 0.15) is 134 Å². The molecule has 8 aliphatic heterocycles. The first-order valence-corrected chi connectivity index (χ1v) is 55.3. The Balaban J connectivity index is 0.000000200. The zero-order chi connectivity index (χ0) is 95.4. The Morgan fingerprint density at radius 2 is 0.688 bits per heavy atom. The number of amides is 4. The van der Waals surface area contributed by atoms with E-state index in [2.05, 4.69) is 31.7 Å². The van der Waals surface area contributed by atoms with Gasteiger partial charge < -0.3 is 91.4 Å². The molecule has 30 heteroatoms. The summed E-state index contributed by atoms with van der Waals surface area (Å²) in [5.41, 5.74) is 18.8. The van der Waals surface area contributed by atoms with E-state index < -0.39 is 25.7 Å². The fourth-order valence-electron chi connectivity index (χ4n) is 18.3. The van der Waals surface area contributed by atoms with Gasteiger partial charge in [-0.15, -0.1) is 0 Å². The molecule has 10 aromatic rings. The van der Waals surface area contributed by atoms with Crippen LogP contribution in [0.15, 0.2) is 192 Å². The number of ether oxygens (including phenoxy) is 15. The monoisotopic (exact) mass is 1990 g/mol. The van der Waals surface area contributed by atoms with E-state index in [0.29, 0.717) is 142 Å². The number of para-hydroxylation sites is 4. The molecule has 8 heterocycles. The van der Waals surface area contributed by atoms with Crippen molar-refractivity contribution in [2.24, 2.45) is 9.98 Å². The van der Waals surface area contributed by atoms with Crippen LogP contribution in [-0.4, -0.2) is 216 Å². The normalized spacial score (nSPS) is 16.2. The van der Waals surface area contributed by atoms with Crippen molar-refractivity contribution in [1.29, 1.82) is 0 Å². The van der Waals surface area contributed by atoms with Crippen LogP contribution in [0.3, 0.4) is 0 Å². The van der Waals surface area contributed by atoms with Crippen molar-refractivity contribution in [1.82, 2.24) is 0 Å². The van der Waals surface area contributed by atoms with Gasteiger partial charge in [0.15, 0.2) is 23.0 Å². The Hall–Kier alpha value is -12.7. The van der Waals surface area contributed by atoms with Crippen LogP contribution in [-0.2, 0) is 108 Å². The summed E-state index contributed by atoms with van der Waals surface area (Å²) < 4.78 is 87.7. The maximum absolute atomic E-state index is 14.0. The average Bonchev–Trinajstić information content (AvgIpc) is 1.62. The number of methoxy groups -OCH3 is 3. The van der Waals surface area contributed by atoms with Gasteiger partial charge in [0, 0.05) is 83.4 Å². The van der Waals surface area contributed by atoms with Crippen molar-refractivity contribution in [3.8, 4) is 46.0 Å². The van der Waals surface area contributed by atoms with Gasteiger partial charge in [0.25, 0.3) is 23.6 Å². The number of hydrogen-bond donors (Lipinski definition) is 1. The number of carbonyl (C=O) groups is 6. The number of carboxylic acids is 1. The summed E-state index contributed by atoms with van der Waals surface area (Å²) in [5, 5.41) is 8.71. The second-order valence-corrected chi connectivity index (χ2v) is 43.7. The van der Waals surface area contributed by atoms with E-state index >= 15 is 0 Å². The first-order valence-electron chi connectivity index (χ1n) is 46.7.